The predicted octanol–water partition coefficient (Wildman–Crippen LogP) is -1.00. The molecule has 0 saturated heterocycles. The van der Waals surface area contributed by atoms with Crippen molar-refractivity contribution in [2.75, 3.05) is 26.2 Å². The average Bonchev–Trinajstić information content (AvgIpc) is 2.95. The monoisotopic (exact) mass is 1250 g/mol. The standard InChI is InChI=1S/C60H106N18O11/c1-6-7-8-9-10-11-12-13-14-15-19-29-49(80)73-47(36-41-24-17-16-18-25-41)57(88)72-40(5)53(84)75-44(27-22-33-68-59(64)65)56(87)76-43(26-20-21-32-61)54(85)70-37-50(81)71-39(4)52(83)78-46(35-38(2)3)58(89)77-45(28-23-34-69-60(66)67)55(86)74-42(51(63)82)30-31-48(62)79/h16-18,24-25,38-40,42-47H,6-15,19-23,26-37,61H2,1-5H3,(H2,62,79)(H2,63,82)(H,70,85)(H,71,81)(H,72,88)(H,73,80)(H,74,86)(H,75,84)(H,76,87)(H,77,89)(H,78,83)(H4,64,65,68)(H4,66,67,69)/t39-,40-,42-,43-,44-,45-,46-,47-/m0/s1. The van der Waals surface area contributed by atoms with E-state index in [0.717, 1.165) is 24.8 Å². The normalized spacial score (nSPS) is 13.7. The van der Waals surface area contributed by atoms with E-state index in [9.17, 15) is 52.7 Å². The highest BCUT2D eigenvalue weighted by molar-refractivity contribution is 5.98. The first kappa shape index (κ1) is 78.9. The van der Waals surface area contributed by atoms with Gasteiger partial charge in [-0.05, 0) is 96.1 Å². The second kappa shape index (κ2) is 46.1. The van der Waals surface area contributed by atoms with Crippen LogP contribution in [-0.4, -0.2) is 151 Å². The Balaban J connectivity index is 3.17. The van der Waals surface area contributed by atoms with Gasteiger partial charge in [-0.1, -0.05) is 115 Å². The number of hydrogen-bond acceptors (Lipinski definition) is 14. The molecule has 0 saturated carbocycles. The van der Waals surface area contributed by atoms with Crippen LogP contribution in [0.25, 0.3) is 0 Å². The molecule has 23 N–H and O–H groups in total. The lowest BCUT2D eigenvalue weighted by atomic mass is 10.0. The first-order chi connectivity index (χ1) is 42.3. The number of carbonyl (C=O) groups is 11. The van der Waals surface area contributed by atoms with Crippen molar-refractivity contribution in [1.29, 1.82) is 0 Å². The van der Waals surface area contributed by atoms with Gasteiger partial charge < -0.3 is 88.0 Å². The molecule has 0 aromatic heterocycles. The van der Waals surface area contributed by atoms with Gasteiger partial charge in [-0.15, -0.1) is 0 Å². The van der Waals surface area contributed by atoms with Crippen LogP contribution in [0.1, 0.15) is 181 Å². The van der Waals surface area contributed by atoms with Crippen molar-refractivity contribution in [2.45, 2.75) is 231 Å². The number of nitrogens with two attached hydrogens (primary N) is 7. The second-order valence-electron chi connectivity index (χ2n) is 22.9. The van der Waals surface area contributed by atoms with E-state index >= 15 is 0 Å². The molecule has 0 heterocycles. The van der Waals surface area contributed by atoms with Crippen LogP contribution in [0.4, 0.5) is 0 Å². The fourth-order valence-corrected chi connectivity index (χ4v) is 9.30. The van der Waals surface area contributed by atoms with Gasteiger partial charge in [0.2, 0.25) is 65.0 Å². The van der Waals surface area contributed by atoms with Gasteiger partial charge in [0.25, 0.3) is 0 Å². The summed E-state index contributed by atoms with van der Waals surface area (Å²) in [6.07, 6.45) is 13.5. The van der Waals surface area contributed by atoms with Crippen molar-refractivity contribution in [3.8, 4) is 0 Å². The molecule has 0 fully saturated rings. The summed E-state index contributed by atoms with van der Waals surface area (Å²) in [6, 6.07) is -0.811. The molecular weight excluding hydrogens is 1150 g/mol. The molecule has 0 aliphatic heterocycles. The average molecular weight is 1260 g/mol. The molecule has 11 amide bonds. The number of guanidine groups is 2. The number of benzene rings is 1. The third-order valence-corrected chi connectivity index (χ3v) is 14.3. The van der Waals surface area contributed by atoms with Crippen LogP contribution in [0.15, 0.2) is 40.3 Å². The summed E-state index contributed by atoms with van der Waals surface area (Å²) < 4.78 is 0. The van der Waals surface area contributed by atoms with Crippen LogP contribution in [0.2, 0.25) is 0 Å². The molecule has 0 spiro atoms. The summed E-state index contributed by atoms with van der Waals surface area (Å²) in [5.41, 5.74) is 39.1. The summed E-state index contributed by atoms with van der Waals surface area (Å²) in [5.74, 6) is -8.77. The lowest BCUT2D eigenvalue weighted by molar-refractivity contribution is -0.135. The summed E-state index contributed by atoms with van der Waals surface area (Å²) in [6.45, 7) is 8.28. The molecule has 0 bridgehead atoms. The number of primary amides is 2. The van der Waals surface area contributed by atoms with Crippen molar-refractivity contribution in [3.05, 3.63) is 35.9 Å². The minimum atomic E-state index is -1.31. The molecular formula is C60H106N18O11. The van der Waals surface area contributed by atoms with Crippen LogP contribution < -0.4 is 88.0 Å². The first-order valence-corrected chi connectivity index (χ1v) is 31.4. The molecule has 0 aliphatic carbocycles. The summed E-state index contributed by atoms with van der Waals surface area (Å²) in [5, 5.41) is 23.5. The number of rotatable bonds is 49. The molecule has 89 heavy (non-hydrogen) atoms. The maximum atomic E-state index is 14.1. The number of hydrogen-bond donors (Lipinski definition) is 16. The number of amides is 11. The smallest absolute Gasteiger partial charge is 0.243 e. The van der Waals surface area contributed by atoms with Gasteiger partial charge in [0.05, 0.1) is 6.54 Å². The van der Waals surface area contributed by atoms with Crippen molar-refractivity contribution in [2.24, 2.45) is 56.0 Å². The molecule has 502 valence electrons. The van der Waals surface area contributed by atoms with Crippen LogP contribution in [0.5, 0.6) is 0 Å². The fourth-order valence-electron chi connectivity index (χ4n) is 9.30. The third kappa shape index (κ3) is 37.4. The number of unbranched alkanes of at least 4 members (excludes halogenated alkanes) is 11. The zero-order chi connectivity index (χ0) is 66.7. The predicted molar refractivity (Wildman–Crippen MR) is 341 cm³/mol. The van der Waals surface area contributed by atoms with Gasteiger partial charge in [0.1, 0.15) is 48.3 Å². The molecule has 1 aromatic carbocycles. The van der Waals surface area contributed by atoms with Crippen LogP contribution >= 0.6 is 0 Å². The molecule has 8 atom stereocenters. The molecule has 0 aliphatic rings. The Hall–Kier alpha value is -8.11. The largest absolute Gasteiger partial charge is 0.370 e. The van der Waals surface area contributed by atoms with Crippen molar-refractivity contribution in [1.82, 2.24) is 47.9 Å². The highest BCUT2D eigenvalue weighted by atomic mass is 16.2. The Morgan fingerprint density at radius 3 is 1.37 bits per heavy atom. The van der Waals surface area contributed by atoms with Crippen LogP contribution in [-0.2, 0) is 59.2 Å². The van der Waals surface area contributed by atoms with Gasteiger partial charge in [0.15, 0.2) is 11.9 Å². The Morgan fingerprint density at radius 2 is 0.876 bits per heavy atom. The zero-order valence-corrected chi connectivity index (χ0v) is 53.1. The van der Waals surface area contributed by atoms with Gasteiger partial charge in [-0.3, -0.25) is 62.7 Å². The van der Waals surface area contributed by atoms with E-state index in [1.54, 1.807) is 13.8 Å². The summed E-state index contributed by atoms with van der Waals surface area (Å²) >= 11 is 0. The van der Waals surface area contributed by atoms with Gasteiger partial charge >= 0.3 is 0 Å². The number of aliphatic imine (C=N–C) groups is 2. The topological polar surface area (TPSA) is 503 Å². The summed E-state index contributed by atoms with van der Waals surface area (Å²) in [7, 11) is 0. The molecule has 0 unspecified atom stereocenters. The quantitative estimate of drug-likeness (QED) is 0.0211. The van der Waals surface area contributed by atoms with E-state index in [4.69, 9.17) is 40.1 Å². The maximum absolute atomic E-state index is 14.1. The molecule has 29 nitrogen and oxygen atoms in total. The Kier molecular flexibility index (Phi) is 40.8. The van der Waals surface area contributed by atoms with Crippen molar-refractivity contribution in [3.63, 3.8) is 0 Å². The number of nitrogens with one attached hydrogen (secondary N) is 9. The van der Waals surface area contributed by atoms with Gasteiger partial charge in [-0.25, -0.2) is 0 Å². The maximum Gasteiger partial charge on any atom is 0.243 e. The van der Waals surface area contributed by atoms with E-state index < -0.39 is 114 Å². The molecule has 0 radical (unpaired) electrons. The molecule has 1 rings (SSSR count). The van der Waals surface area contributed by atoms with Crippen LogP contribution in [0, 0.1) is 5.92 Å². The van der Waals surface area contributed by atoms with E-state index in [-0.39, 0.29) is 108 Å². The summed E-state index contributed by atoms with van der Waals surface area (Å²) in [4.78, 5) is 155. The van der Waals surface area contributed by atoms with Gasteiger partial charge in [-0.2, -0.15) is 0 Å². The minimum absolute atomic E-state index is 0.0202. The Labute approximate surface area is 524 Å². The SMILES string of the molecule is CCCCCCCCCCCCCC(=O)N[C@@H](Cc1ccccc1)C(=O)N[C@@H](C)C(=O)N[C@@H](CCCN=C(N)N)C(=O)N[C@@H](CCCCN)C(=O)NCC(=O)N[C@@H](C)C(=O)N[C@@H](CC(C)C)C(=O)N[C@@H](CCCN=C(N)N)C(=O)N[C@@H](CCC(N)=O)C(N)=O. The zero-order valence-electron chi connectivity index (χ0n) is 53.1. The number of nitrogens with zero attached hydrogens (tertiary/aromatic N) is 2. The third-order valence-electron chi connectivity index (χ3n) is 14.3. The fraction of sp³-hybridized carbons (Fsp3) is 0.683. The van der Waals surface area contributed by atoms with Crippen LogP contribution in [0.3, 0.4) is 0 Å². The molecule has 1 aromatic rings. The lowest BCUT2D eigenvalue weighted by Gasteiger charge is -2.26. The second-order valence-corrected chi connectivity index (χ2v) is 22.9. The lowest BCUT2D eigenvalue weighted by Crippen LogP contribution is -2.58. The Bertz CT molecular complexity index is 2420. The Morgan fingerprint density at radius 1 is 0.427 bits per heavy atom. The highest BCUT2D eigenvalue weighted by Gasteiger charge is 2.33. The number of carbonyl (C=O) groups excluding carboxylic acids is 11. The van der Waals surface area contributed by atoms with Crippen molar-refractivity contribution >= 4 is 76.9 Å². The van der Waals surface area contributed by atoms with E-state index in [1.807, 2.05) is 30.3 Å². The van der Waals surface area contributed by atoms with Crippen molar-refractivity contribution < 1.29 is 52.7 Å². The van der Waals surface area contributed by atoms with E-state index in [2.05, 4.69) is 64.8 Å². The van der Waals surface area contributed by atoms with Gasteiger partial charge in [0, 0.05) is 32.4 Å². The highest BCUT2D eigenvalue weighted by Crippen LogP contribution is 2.14. The van der Waals surface area contributed by atoms with E-state index in [1.165, 1.54) is 58.8 Å². The minimum Gasteiger partial charge on any atom is -0.370 e. The van der Waals surface area contributed by atoms with E-state index in [0.29, 0.717) is 19.3 Å². The molecule has 29 heteroatoms. The first-order valence-electron chi connectivity index (χ1n) is 31.4.